The van der Waals surface area contributed by atoms with Gasteiger partial charge in [-0.1, -0.05) is 54.1 Å². The molecular formula is C29H31ClN4O. The lowest BCUT2D eigenvalue weighted by atomic mass is 9.87. The average Bonchev–Trinajstić information content (AvgIpc) is 2.87. The summed E-state index contributed by atoms with van der Waals surface area (Å²) < 4.78 is 6.25. The van der Waals surface area contributed by atoms with Gasteiger partial charge in [0.2, 0.25) is 0 Å². The molecule has 1 aliphatic rings. The maximum absolute atomic E-state index is 6.57. The van der Waals surface area contributed by atoms with Gasteiger partial charge in [0.25, 0.3) is 0 Å². The summed E-state index contributed by atoms with van der Waals surface area (Å²) in [6.45, 7) is 8.37. The van der Waals surface area contributed by atoms with Gasteiger partial charge in [0.1, 0.15) is 10.8 Å². The maximum atomic E-state index is 6.57. The number of halogens is 1. The number of anilines is 2. The van der Waals surface area contributed by atoms with Gasteiger partial charge in [-0.05, 0) is 86.7 Å². The van der Waals surface area contributed by atoms with Crippen LogP contribution in [-0.4, -0.2) is 29.2 Å². The first-order chi connectivity index (χ1) is 17.0. The van der Waals surface area contributed by atoms with Gasteiger partial charge in [-0.2, -0.15) is 0 Å². The molecule has 0 radical (unpaired) electrons. The molecule has 180 valence electrons. The van der Waals surface area contributed by atoms with Gasteiger partial charge in [-0.15, -0.1) is 0 Å². The maximum Gasteiger partial charge on any atom is 0.162 e. The SMILES string of the molecule is Cc1cc(Nc2nc(-c3cccc4ccccc34)ncc2Cl)c(OC(C)C)cc1C1CCNCC1. The van der Waals surface area contributed by atoms with Crippen LogP contribution in [0, 0.1) is 6.92 Å². The van der Waals surface area contributed by atoms with E-state index in [1.807, 2.05) is 38.1 Å². The fraction of sp³-hybridized carbons (Fsp3) is 0.310. The highest BCUT2D eigenvalue weighted by atomic mass is 35.5. The van der Waals surface area contributed by atoms with Crippen LogP contribution >= 0.6 is 11.6 Å². The van der Waals surface area contributed by atoms with E-state index in [4.69, 9.17) is 21.3 Å². The number of hydrogen-bond donors (Lipinski definition) is 2. The molecule has 4 aromatic rings. The van der Waals surface area contributed by atoms with E-state index in [1.165, 1.54) is 11.1 Å². The molecule has 1 aliphatic heterocycles. The molecule has 0 amide bonds. The zero-order valence-electron chi connectivity index (χ0n) is 20.4. The quantitative estimate of drug-likeness (QED) is 0.300. The van der Waals surface area contributed by atoms with Gasteiger partial charge in [-0.3, -0.25) is 0 Å². The smallest absolute Gasteiger partial charge is 0.162 e. The first kappa shape index (κ1) is 23.6. The second-order valence-electron chi connectivity index (χ2n) is 9.44. The Morgan fingerprint density at radius 3 is 2.63 bits per heavy atom. The topological polar surface area (TPSA) is 59.1 Å². The van der Waals surface area contributed by atoms with Gasteiger partial charge in [0.15, 0.2) is 11.6 Å². The molecule has 0 spiro atoms. The molecule has 1 fully saturated rings. The summed E-state index contributed by atoms with van der Waals surface area (Å²) in [6.07, 6.45) is 3.99. The van der Waals surface area contributed by atoms with E-state index < -0.39 is 0 Å². The summed E-state index contributed by atoms with van der Waals surface area (Å²) in [6, 6.07) is 18.8. The fourth-order valence-corrected chi connectivity index (χ4v) is 5.00. The highest BCUT2D eigenvalue weighted by Crippen LogP contribution is 2.38. The number of benzene rings is 3. The number of piperidine rings is 1. The largest absolute Gasteiger partial charge is 0.489 e. The molecule has 1 aromatic heterocycles. The van der Waals surface area contributed by atoms with E-state index in [-0.39, 0.29) is 6.10 Å². The highest BCUT2D eigenvalue weighted by molar-refractivity contribution is 6.33. The molecule has 0 atom stereocenters. The van der Waals surface area contributed by atoms with Crippen LogP contribution in [-0.2, 0) is 0 Å². The van der Waals surface area contributed by atoms with Crippen molar-refractivity contribution in [3.05, 3.63) is 76.9 Å². The summed E-state index contributed by atoms with van der Waals surface area (Å²) in [4.78, 5) is 9.38. The Balaban J connectivity index is 1.53. The van der Waals surface area contributed by atoms with Crippen LogP contribution in [0.15, 0.2) is 60.8 Å². The minimum atomic E-state index is 0.0474. The third-order valence-electron chi connectivity index (χ3n) is 6.54. The Morgan fingerprint density at radius 2 is 1.83 bits per heavy atom. The summed E-state index contributed by atoms with van der Waals surface area (Å²) in [5, 5.41) is 9.63. The molecule has 3 aromatic carbocycles. The molecular weight excluding hydrogens is 456 g/mol. The lowest BCUT2D eigenvalue weighted by Gasteiger charge is -2.26. The number of hydrogen-bond acceptors (Lipinski definition) is 5. The van der Waals surface area contributed by atoms with Crippen LogP contribution < -0.4 is 15.4 Å². The Labute approximate surface area is 211 Å². The number of nitrogens with zero attached hydrogens (tertiary/aromatic N) is 2. The summed E-state index contributed by atoms with van der Waals surface area (Å²) in [5.41, 5.74) is 4.44. The first-order valence-corrected chi connectivity index (χ1v) is 12.7. The van der Waals surface area contributed by atoms with Gasteiger partial charge in [0.05, 0.1) is 18.0 Å². The van der Waals surface area contributed by atoms with E-state index in [0.29, 0.717) is 22.6 Å². The van der Waals surface area contributed by atoms with E-state index in [1.54, 1.807) is 6.20 Å². The fourth-order valence-electron chi connectivity index (χ4n) is 4.86. The van der Waals surface area contributed by atoms with Crippen molar-refractivity contribution in [2.24, 2.45) is 0 Å². The highest BCUT2D eigenvalue weighted by Gasteiger charge is 2.21. The molecule has 1 saturated heterocycles. The van der Waals surface area contributed by atoms with Gasteiger partial charge in [-0.25, -0.2) is 9.97 Å². The van der Waals surface area contributed by atoms with Crippen molar-refractivity contribution in [1.82, 2.24) is 15.3 Å². The van der Waals surface area contributed by atoms with Crippen LogP contribution in [0.1, 0.15) is 43.7 Å². The van der Waals surface area contributed by atoms with Crippen molar-refractivity contribution in [2.45, 2.75) is 45.6 Å². The van der Waals surface area contributed by atoms with E-state index in [0.717, 1.165) is 53.7 Å². The summed E-state index contributed by atoms with van der Waals surface area (Å²) in [5.74, 6) is 2.55. The molecule has 5 nitrogen and oxygen atoms in total. The lowest BCUT2D eigenvalue weighted by molar-refractivity contribution is 0.243. The average molecular weight is 487 g/mol. The van der Waals surface area contributed by atoms with Crippen LogP contribution in [0.4, 0.5) is 11.5 Å². The second kappa shape index (κ2) is 10.2. The molecule has 5 rings (SSSR count). The van der Waals surface area contributed by atoms with Gasteiger partial charge in [0, 0.05) is 5.56 Å². The van der Waals surface area contributed by atoms with Crippen molar-refractivity contribution in [3.63, 3.8) is 0 Å². The Morgan fingerprint density at radius 1 is 1.06 bits per heavy atom. The van der Waals surface area contributed by atoms with E-state index in [9.17, 15) is 0 Å². The zero-order valence-corrected chi connectivity index (χ0v) is 21.2. The Hall–Kier alpha value is -3.15. The second-order valence-corrected chi connectivity index (χ2v) is 9.84. The van der Waals surface area contributed by atoms with Crippen molar-refractivity contribution in [3.8, 4) is 17.1 Å². The monoisotopic (exact) mass is 486 g/mol. The first-order valence-electron chi connectivity index (χ1n) is 12.3. The normalized spacial score (nSPS) is 14.4. The van der Waals surface area contributed by atoms with E-state index in [2.05, 4.69) is 52.9 Å². The number of aryl methyl sites for hydroxylation is 1. The Bertz CT molecular complexity index is 1340. The van der Waals surface area contributed by atoms with Crippen molar-refractivity contribution in [1.29, 1.82) is 0 Å². The molecule has 0 saturated carbocycles. The zero-order chi connectivity index (χ0) is 24.4. The third-order valence-corrected chi connectivity index (χ3v) is 6.81. The predicted octanol–water partition coefficient (Wildman–Crippen LogP) is 7.26. The standard InChI is InChI=1S/C29H31ClN4O/c1-18(2)35-27-16-24(21-11-13-31-14-12-21)19(3)15-26(27)33-29-25(30)17-32-28(34-29)23-10-6-8-20-7-4-5-9-22(20)23/h4-10,15-18,21,31H,11-14H2,1-3H3,(H,32,33,34). The third kappa shape index (κ3) is 5.12. The molecule has 0 aliphatic carbocycles. The van der Waals surface area contributed by atoms with Crippen LogP contribution in [0.25, 0.3) is 22.2 Å². The van der Waals surface area contributed by atoms with E-state index >= 15 is 0 Å². The van der Waals surface area contributed by atoms with Gasteiger partial charge >= 0.3 is 0 Å². The minimum absolute atomic E-state index is 0.0474. The summed E-state index contributed by atoms with van der Waals surface area (Å²) in [7, 11) is 0. The number of fused-ring (bicyclic) bond motifs is 1. The number of ether oxygens (including phenoxy) is 1. The van der Waals surface area contributed by atoms with Crippen molar-refractivity contribution in [2.75, 3.05) is 18.4 Å². The molecule has 2 N–H and O–H groups in total. The van der Waals surface area contributed by atoms with Gasteiger partial charge < -0.3 is 15.4 Å². The Kier molecular flexibility index (Phi) is 6.89. The number of rotatable bonds is 6. The minimum Gasteiger partial charge on any atom is -0.489 e. The molecule has 0 bridgehead atoms. The number of nitrogens with one attached hydrogen (secondary N) is 2. The van der Waals surface area contributed by atoms with Crippen LogP contribution in [0.5, 0.6) is 5.75 Å². The summed E-state index contributed by atoms with van der Waals surface area (Å²) >= 11 is 6.57. The lowest BCUT2D eigenvalue weighted by Crippen LogP contribution is -2.27. The molecule has 0 unspecified atom stereocenters. The van der Waals surface area contributed by atoms with Crippen molar-refractivity contribution >= 4 is 33.9 Å². The van der Waals surface area contributed by atoms with Crippen LogP contribution in [0.2, 0.25) is 5.02 Å². The van der Waals surface area contributed by atoms with Crippen LogP contribution in [0.3, 0.4) is 0 Å². The molecule has 35 heavy (non-hydrogen) atoms. The molecule has 6 heteroatoms. The van der Waals surface area contributed by atoms with Crippen molar-refractivity contribution < 1.29 is 4.74 Å². The number of aromatic nitrogens is 2. The molecule has 2 heterocycles. The predicted molar refractivity (Wildman–Crippen MR) is 145 cm³/mol.